The monoisotopic (exact) mass is 446 g/mol. The van der Waals surface area contributed by atoms with Crippen molar-refractivity contribution in [1.29, 1.82) is 0 Å². The number of rotatable bonds is 11. The average Bonchev–Trinajstić information content (AvgIpc) is 2.79. The molecule has 1 saturated heterocycles. The number of anilines is 2. The Labute approximate surface area is 189 Å². The van der Waals surface area contributed by atoms with Crippen molar-refractivity contribution < 1.29 is 14.3 Å². The summed E-state index contributed by atoms with van der Waals surface area (Å²) >= 11 is 5.94. The molecule has 1 aliphatic heterocycles. The van der Waals surface area contributed by atoms with Crippen LogP contribution in [0.1, 0.15) is 26.2 Å². The standard InChI is InChI=1S/C23H31ClN4O3/c1-5-18(24)16-25-17(3)26-19-14-20(27-23(29)6-2)22(15-21(19)30-4)31-13-12-28-10-8-7-9-11-28/h5-6,14-16,26H,2-3,7-13H2,1,4H3,(H,27,29)/b18-5?,25-16-. The molecular weight excluding hydrogens is 416 g/mol. The highest BCUT2D eigenvalue weighted by Crippen LogP contribution is 2.37. The van der Waals surface area contributed by atoms with Crippen LogP contribution in [0.2, 0.25) is 0 Å². The smallest absolute Gasteiger partial charge is 0.247 e. The highest BCUT2D eigenvalue weighted by atomic mass is 35.5. The molecule has 2 rings (SSSR count). The van der Waals surface area contributed by atoms with Crippen LogP contribution in [-0.4, -0.2) is 50.4 Å². The molecule has 1 amide bonds. The van der Waals surface area contributed by atoms with Gasteiger partial charge in [0.1, 0.15) is 23.9 Å². The van der Waals surface area contributed by atoms with E-state index in [4.69, 9.17) is 21.1 Å². The van der Waals surface area contributed by atoms with Crippen molar-refractivity contribution in [1.82, 2.24) is 4.90 Å². The van der Waals surface area contributed by atoms with Crippen LogP contribution in [0.5, 0.6) is 11.5 Å². The third-order valence-electron chi connectivity index (χ3n) is 4.76. The molecule has 1 fully saturated rings. The summed E-state index contributed by atoms with van der Waals surface area (Å²) < 4.78 is 11.5. The maximum Gasteiger partial charge on any atom is 0.247 e. The summed E-state index contributed by atoms with van der Waals surface area (Å²) in [5.41, 5.74) is 1.07. The molecule has 1 aromatic carbocycles. The maximum atomic E-state index is 11.9. The molecule has 1 aliphatic rings. The number of aliphatic imine (C=N–C) groups is 1. The number of halogens is 1. The van der Waals surface area contributed by atoms with Gasteiger partial charge in [-0.3, -0.25) is 9.69 Å². The largest absolute Gasteiger partial charge is 0.494 e. The zero-order valence-electron chi connectivity index (χ0n) is 18.2. The van der Waals surface area contributed by atoms with Gasteiger partial charge in [-0.05, 0) is 45.0 Å². The minimum atomic E-state index is -0.339. The lowest BCUT2D eigenvalue weighted by molar-refractivity contribution is -0.111. The van der Waals surface area contributed by atoms with Gasteiger partial charge in [0.2, 0.25) is 5.91 Å². The highest BCUT2D eigenvalue weighted by Gasteiger charge is 2.15. The minimum Gasteiger partial charge on any atom is -0.494 e. The number of amides is 1. The molecule has 0 radical (unpaired) electrons. The van der Waals surface area contributed by atoms with Crippen molar-refractivity contribution in [2.75, 3.05) is 44.0 Å². The van der Waals surface area contributed by atoms with Crippen molar-refractivity contribution in [3.05, 3.63) is 48.3 Å². The molecule has 0 atom stereocenters. The van der Waals surface area contributed by atoms with Crippen molar-refractivity contribution in [2.24, 2.45) is 4.99 Å². The van der Waals surface area contributed by atoms with Crippen LogP contribution in [0.4, 0.5) is 11.4 Å². The number of carbonyl (C=O) groups is 1. The number of carbonyl (C=O) groups excluding carboxylic acids is 1. The summed E-state index contributed by atoms with van der Waals surface area (Å²) in [5, 5.41) is 6.34. The van der Waals surface area contributed by atoms with E-state index in [1.165, 1.54) is 31.6 Å². The Kier molecular flexibility index (Phi) is 10.1. The number of nitrogens with zero attached hydrogens (tertiary/aromatic N) is 2. The lowest BCUT2D eigenvalue weighted by Crippen LogP contribution is -2.33. The lowest BCUT2D eigenvalue weighted by atomic mass is 10.1. The van der Waals surface area contributed by atoms with E-state index >= 15 is 0 Å². The van der Waals surface area contributed by atoms with Crippen LogP contribution < -0.4 is 20.1 Å². The van der Waals surface area contributed by atoms with Crippen LogP contribution >= 0.6 is 11.6 Å². The number of ether oxygens (including phenoxy) is 2. The summed E-state index contributed by atoms with van der Waals surface area (Å²) in [6, 6.07) is 3.45. The van der Waals surface area contributed by atoms with Gasteiger partial charge in [0.05, 0.1) is 23.5 Å². The van der Waals surface area contributed by atoms with Gasteiger partial charge in [0.15, 0.2) is 0 Å². The zero-order chi connectivity index (χ0) is 22.6. The fourth-order valence-electron chi connectivity index (χ4n) is 3.10. The number of benzene rings is 1. The number of nitrogens with one attached hydrogen (secondary N) is 2. The maximum absolute atomic E-state index is 11.9. The number of hydrogen-bond donors (Lipinski definition) is 2. The normalized spacial score (nSPS) is 14.9. The molecule has 168 valence electrons. The Morgan fingerprint density at radius 2 is 1.94 bits per heavy atom. The molecule has 31 heavy (non-hydrogen) atoms. The second-order valence-corrected chi connectivity index (χ2v) is 7.43. The summed E-state index contributed by atoms with van der Waals surface area (Å²) in [6.45, 7) is 12.7. The molecule has 0 saturated carbocycles. The van der Waals surface area contributed by atoms with Crippen LogP contribution in [0.3, 0.4) is 0 Å². The average molecular weight is 447 g/mol. The Balaban J connectivity index is 2.19. The van der Waals surface area contributed by atoms with Gasteiger partial charge in [-0.1, -0.05) is 37.3 Å². The number of methoxy groups -OCH3 is 1. The molecule has 2 N–H and O–H groups in total. The summed E-state index contributed by atoms with van der Waals surface area (Å²) in [6.07, 6.45) is 8.15. The van der Waals surface area contributed by atoms with Crippen molar-refractivity contribution in [3.8, 4) is 11.5 Å². The van der Waals surface area contributed by atoms with Crippen LogP contribution in [0.15, 0.2) is 53.3 Å². The lowest BCUT2D eigenvalue weighted by Gasteiger charge is -2.26. The Hall–Kier alpha value is -2.77. The van der Waals surface area contributed by atoms with Crippen molar-refractivity contribution in [3.63, 3.8) is 0 Å². The molecule has 0 aromatic heterocycles. The number of allylic oxidation sites excluding steroid dienone is 2. The predicted molar refractivity (Wildman–Crippen MR) is 128 cm³/mol. The fraction of sp³-hybridized carbons (Fsp3) is 0.391. The number of piperidine rings is 1. The van der Waals surface area contributed by atoms with E-state index in [9.17, 15) is 4.79 Å². The van der Waals surface area contributed by atoms with Gasteiger partial charge < -0.3 is 20.1 Å². The van der Waals surface area contributed by atoms with E-state index in [1.54, 1.807) is 25.3 Å². The van der Waals surface area contributed by atoms with E-state index in [0.29, 0.717) is 40.3 Å². The summed E-state index contributed by atoms with van der Waals surface area (Å²) in [5.74, 6) is 1.06. The molecule has 0 bridgehead atoms. The first-order valence-electron chi connectivity index (χ1n) is 10.3. The number of hydrogen-bond acceptors (Lipinski definition) is 6. The molecule has 0 spiro atoms. The van der Waals surface area contributed by atoms with E-state index in [1.807, 2.05) is 6.92 Å². The number of likely N-dealkylation sites (tertiary alicyclic amines) is 1. The van der Waals surface area contributed by atoms with Gasteiger partial charge in [-0.2, -0.15) is 0 Å². The summed E-state index contributed by atoms with van der Waals surface area (Å²) in [4.78, 5) is 18.5. The van der Waals surface area contributed by atoms with Crippen LogP contribution in [0.25, 0.3) is 0 Å². The van der Waals surface area contributed by atoms with E-state index in [-0.39, 0.29) is 5.91 Å². The van der Waals surface area contributed by atoms with Gasteiger partial charge in [0.25, 0.3) is 0 Å². The fourth-order valence-corrected chi connectivity index (χ4v) is 3.15. The van der Waals surface area contributed by atoms with Gasteiger partial charge in [-0.25, -0.2) is 4.99 Å². The minimum absolute atomic E-state index is 0.339. The molecule has 0 aliphatic carbocycles. The SMILES string of the molecule is C=CC(=O)Nc1cc(NC(=C)/N=C\C(Cl)=CC)c(OC)cc1OCCN1CCCCC1. The quantitative estimate of drug-likeness (QED) is 0.378. The Morgan fingerprint density at radius 1 is 1.23 bits per heavy atom. The Bertz CT molecular complexity index is 845. The van der Waals surface area contributed by atoms with Gasteiger partial charge in [-0.15, -0.1) is 0 Å². The third kappa shape index (κ3) is 8.11. The Morgan fingerprint density at radius 3 is 2.58 bits per heavy atom. The molecular formula is C23H31ClN4O3. The third-order valence-corrected chi connectivity index (χ3v) is 5.07. The van der Waals surface area contributed by atoms with E-state index in [2.05, 4.69) is 33.7 Å². The first kappa shape index (κ1) is 24.5. The second-order valence-electron chi connectivity index (χ2n) is 7.00. The molecule has 7 nitrogen and oxygen atoms in total. The van der Waals surface area contributed by atoms with Crippen LogP contribution in [-0.2, 0) is 4.79 Å². The molecule has 1 heterocycles. The zero-order valence-corrected chi connectivity index (χ0v) is 19.0. The first-order chi connectivity index (χ1) is 15.0. The van der Waals surface area contributed by atoms with Gasteiger partial charge in [0, 0.05) is 18.8 Å². The molecule has 1 aromatic rings. The van der Waals surface area contributed by atoms with E-state index in [0.717, 1.165) is 19.6 Å². The summed E-state index contributed by atoms with van der Waals surface area (Å²) in [7, 11) is 1.56. The molecule has 0 unspecified atom stereocenters. The predicted octanol–water partition coefficient (Wildman–Crippen LogP) is 4.78. The van der Waals surface area contributed by atoms with Crippen LogP contribution in [0, 0.1) is 0 Å². The highest BCUT2D eigenvalue weighted by molar-refractivity contribution is 6.39. The topological polar surface area (TPSA) is 75.2 Å². The van der Waals surface area contributed by atoms with E-state index < -0.39 is 0 Å². The van der Waals surface area contributed by atoms with Crippen molar-refractivity contribution >= 4 is 35.1 Å². The second kappa shape index (κ2) is 12.8. The van der Waals surface area contributed by atoms with Gasteiger partial charge >= 0.3 is 0 Å². The first-order valence-corrected chi connectivity index (χ1v) is 10.7. The van der Waals surface area contributed by atoms with Crippen molar-refractivity contribution in [2.45, 2.75) is 26.2 Å². The molecule has 8 heteroatoms.